The van der Waals surface area contributed by atoms with E-state index in [0.29, 0.717) is 17.1 Å². The van der Waals surface area contributed by atoms with Gasteiger partial charge >= 0.3 is 5.82 Å². The van der Waals surface area contributed by atoms with Crippen molar-refractivity contribution in [3.8, 4) is 0 Å². The predicted molar refractivity (Wildman–Crippen MR) is 91.9 cm³/mol. The number of nitro groups is 1. The molecule has 0 aliphatic carbocycles. The van der Waals surface area contributed by atoms with Crippen LogP contribution in [-0.2, 0) is 0 Å². The molecule has 1 aromatic carbocycles. The molecule has 8 heteroatoms. The summed E-state index contributed by atoms with van der Waals surface area (Å²) in [4.78, 5) is 30.4. The quantitative estimate of drug-likeness (QED) is 0.616. The van der Waals surface area contributed by atoms with E-state index in [1.165, 1.54) is 18.3 Å². The maximum absolute atomic E-state index is 12.9. The molecule has 1 aliphatic rings. The Hall–Kier alpha value is -2.67. The number of nitrogens with zero attached hydrogens (tertiary/aromatic N) is 4. The van der Waals surface area contributed by atoms with Crippen LogP contribution in [-0.4, -0.2) is 36.0 Å². The van der Waals surface area contributed by atoms with Gasteiger partial charge in [-0.3, -0.25) is 4.79 Å². The Bertz CT molecular complexity index is 794. The van der Waals surface area contributed by atoms with Crippen molar-refractivity contribution >= 4 is 34.7 Å². The number of anilines is 2. The molecule has 0 bridgehead atoms. The van der Waals surface area contributed by atoms with Crippen molar-refractivity contribution in [2.75, 3.05) is 29.9 Å². The number of amides is 1. The van der Waals surface area contributed by atoms with E-state index >= 15 is 0 Å². The van der Waals surface area contributed by atoms with E-state index < -0.39 is 4.92 Å². The summed E-state index contributed by atoms with van der Waals surface area (Å²) in [6.07, 6.45) is 2.04. The highest BCUT2D eigenvalue weighted by Gasteiger charge is 2.25. The minimum atomic E-state index is -0.591. The fourth-order valence-corrected chi connectivity index (χ4v) is 2.89. The van der Waals surface area contributed by atoms with Gasteiger partial charge in [-0.2, -0.15) is 0 Å². The zero-order valence-electron chi connectivity index (χ0n) is 13.0. The van der Waals surface area contributed by atoms with E-state index in [4.69, 9.17) is 11.6 Å². The maximum Gasteiger partial charge on any atom is 0.363 e. The van der Waals surface area contributed by atoms with Crippen molar-refractivity contribution in [3.05, 3.63) is 57.2 Å². The van der Waals surface area contributed by atoms with Crippen LogP contribution < -0.4 is 9.80 Å². The van der Waals surface area contributed by atoms with Crippen molar-refractivity contribution in [2.45, 2.75) is 6.42 Å². The van der Waals surface area contributed by atoms with E-state index in [1.54, 1.807) is 11.0 Å². The van der Waals surface area contributed by atoms with Gasteiger partial charge in [0.15, 0.2) is 6.20 Å². The van der Waals surface area contributed by atoms with E-state index in [2.05, 4.69) is 9.88 Å². The highest BCUT2D eigenvalue weighted by atomic mass is 35.5. The van der Waals surface area contributed by atoms with Crippen LogP contribution in [0.3, 0.4) is 0 Å². The number of carbonyl (C=O) groups excluding carboxylic acids is 1. The van der Waals surface area contributed by atoms with Crippen molar-refractivity contribution in [1.82, 2.24) is 4.98 Å². The van der Waals surface area contributed by atoms with Gasteiger partial charge in [0.05, 0.1) is 16.9 Å². The summed E-state index contributed by atoms with van der Waals surface area (Å²) < 4.78 is 0. The van der Waals surface area contributed by atoms with Gasteiger partial charge in [0, 0.05) is 31.2 Å². The van der Waals surface area contributed by atoms with Crippen LogP contribution in [0.5, 0.6) is 0 Å². The first-order valence-electron chi connectivity index (χ1n) is 7.40. The molecule has 0 radical (unpaired) electrons. The molecule has 0 fully saturated rings. The molecule has 0 N–H and O–H groups in total. The molecule has 0 spiro atoms. The van der Waals surface area contributed by atoms with Gasteiger partial charge < -0.3 is 19.9 Å². The number of aromatic nitrogens is 1. The van der Waals surface area contributed by atoms with Crippen molar-refractivity contribution in [1.29, 1.82) is 0 Å². The third-order valence-electron chi connectivity index (χ3n) is 3.94. The maximum atomic E-state index is 12.9. The van der Waals surface area contributed by atoms with Crippen LogP contribution in [0.25, 0.3) is 0 Å². The normalized spacial score (nSPS) is 14.1. The number of halogens is 1. The van der Waals surface area contributed by atoms with Gasteiger partial charge in [-0.15, -0.1) is 0 Å². The van der Waals surface area contributed by atoms with E-state index in [-0.39, 0.29) is 11.7 Å². The van der Waals surface area contributed by atoms with Gasteiger partial charge in [-0.05, 0) is 40.6 Å². The summed E-state index contributed by atoms with van der Waals surface area (Å²) in [6.45, 7) is 1.35. The Morgan fingerprint density at radius 3 is 2.71 bits per heavy atom. The van der Waals surface area contributed by atoms with Crippen LogP contribution in [0.15, 0.2) is 36.5 Å². The van der Waals surface area contributed by atoms with Crippen LogP contribution in [0, 0.1) is 10.1 Å². The lowest BCUT2D eigenvalue weighted by Gasteiger charge is -2.24. The van der Waals surface area contributed by atoms with E-state index in [9.17, 15) is 14.9 Å². The lowest BCUT2D eigenvalue weighted by molar-refractivity contribution is -0.389. The number of pyridine rings is 1. The molecule has 1 aromatic heterocycles. The number of hydrogen-bond acceptors (Lipinski definition) is 5. The Labute approximate surface area is 143 Å². The summed E-state index contributed by atoms with van der Waals surface area (Å²) in [5, 5.41) is 11.3. The average molecular weight is 347 g/mol. The van der Waals surface area contributed by atoms with Crippen LogP contribution in [0.1, 0.15) is 16.8 Å². The summed E-state index contributed by atoms with van der Waals surface area (Å²) in [5.74, 6) is -0.523. The molecule has 1 amide bonds. The Morgan fingerprint density at radius 1 is 1.25 bits per heavy atom. The van der Waals surface area contributed by atoms with Gasteiger partial charge in [0.2, 0.25) is 0 Å². The molecule has 3 rings (SSSR count). The zero-order chi connectivity index (χ0) is 17.3. The fraction of sp³-hybridized carbons (Fsp3) is 0.250. The Balaban J connectivity index is 1.97. The lowest BCUT2D eigenvalue weighted by Crippen LogP contribution is -2.31. The fourth-order valence-electron chi connectivity index (χ4n) is 2.72. The second kappa shape index (κ2) is 6.45. The second-order valence-corrected chi connectivity index (χ2v) is 5.96. The minimum Gasteiger partial charge on any atom is -0.373 e. The number of hydrogen-bond donors (Lipinski definition) is 0. The third-order valence-corrected chi connectivity index (χ3v) is 4.18. The highest BCUT2D eigenvalue weighted by Crippen LogP contribution is 2.34. The first kappa shape index (κ1) is 16.2. The Morgan fingerprint density at radius 2 is 2.04 bits per heavy atom. The van der Waals surface area contributed by atoms with Crippen LogP contribution in [0.4, 0.5) is 17.2 Å². The molecular weight excluding hydrogens is 332 g/mol. The molecule has 2 heterocycles. The average Bonchev–Trinajstić information content (AvgIpc) is 2.73. The zero-order valence-corrected chi connectivity index (χ0v) is 13.7. The van der Waals surface area contributed by atoms with Crippen molar-refractivity contribution in [2.24, 2.45) is 0 Å². The summed E-state index contributed by atoms with van der Waals surface area (Å²) in [6, 6.07) is 8.05. The number of fused-ring (bicyclic) bond motifs is 1. The second-order valence-electron chi connectivity index (χ2n) is 5.53. The summed E-state index contributed by atoms with van der Waals surface area (Å²) in [7, 11) is 1.95. The number of rotatable bonds is 2. The Kier molecular flexibility index (Phi) is 4.35. The summed E-state index contributed by atoms with van der Waals surface area (Å²) in [5.41, 5.74) is 1.96. The number of benzene rings is 1. The van der Waals surface area contributed by atoms with E-state index in [0.717, 1.165) is 24.3 Å². The molecule has 0 unspecified atom stereocenters. The smallest absolute Gasteiger partial charge is 0.363 e. The first-order valence-corrected chi connectivity index (χ1v) is 7.78. The molecular formula is C16H15ClN4O3. The molecule has 0 saturated carbocycles. The first-order chi connectivity index (χ1) is 11.5. The monoisotopic (exact) mass is 346 g/mol. The minimum absolute atomic E-state index is 0.240. The molecule has 124 valence electrons. The standard InChI is InChI=1S/C16H15ClN4O3/c1-19-7-2-8-20(13-5-4-12(17)9-14(13)19)16(22)11-3-6-15(18-10-11)21(23)24/h3-6,9-10H,2,7-8H2,1H3. The van der Waals surface area contributed by atoms with Crippen LogP contribution in [0.2, 0.25) is 5.02 Å². The van der Waals surface area contributed by atoms with Gasteiger partial charge in [0.1, 0.15) is 0 Å². The molecule has 0 atom stereocenters. The summed E-state index contributed by atoms with van der Waals surface area (Å²) >= 11 is 6.08. The number of carbonyl (C=O) groups is 1. The van der Waals surface area contributed by atoms with Gasteiger partial charge in [-0.1, -0.05) is 11.6 Å². The topological polar surface area (TPSA) is 79.6 Å². The van der Waals surface area contributed by atoms with Gasteiger partial charge in [-0.25, -0.2) is 0 Å². The van der Waals surface area contributed by atoms with Crippen molar-refractivity contribution in [3.63, 3.8) is 0 Å². The third kappa shape index (κ3) is 3.03. The SMILES string of the molecule is CN1CCCN(C(=O)c2ccc([N+](=O)[O-])nc2)c2ccc(Cl)cc21. The molecule has 2 aromatic rings. The van der Waals surface area contributed by atoms with Crippen molar-refractivity contribution < 1.29 is 9.72 Å². The lowest BCUT2D eigenvalue weighted by atomic mass is 10.2. The largest absolute Gasteiger partial charge is 0.373 e. The molecule has 1 aliphatic heterocycles. The molecule has 0 saturated heterocycles. The highest BCUT2D eigenvalue weighted by molar-refractivity contribution is 6.31. The predicted octanol–water partition coefficient (Wildman–Crippen LogP) is 3.13. The molecule has 24 heavy (non-hydrogen) atoms. The van der Waals surface area contributed by atoms with E-state index in [1.807, 2.05) is 19.2 Å². The van der Waals surface area contributed by atoms with Crippen LogP contribution >= 0.6 is 11.6 Å². The molecule has 7 nitrogen and oxygen atoms in total. The van der Waals surface area contributed by atoms with Gasteiger partial charge in [0.25, 0.3) is 5.91 Å².